The molecule has 0 fully saturated rings. The van der Waals surface area contributed by atoms with Gasteiger partial charge in [-0.3, -0.25) is 40.5 Å². The van der Waals surface area contributed by atoms with Crippen molar-refractivity contribution in [3.63, 3.8) is 0 Å². The van der Waals surface area contributed by atoms with Gasteiger partial charge in [0.15, 0.2) is 11.4 Å². The Bertz CT molecular complexity index is 2280. The van der Waals surface area contributed by atoms with Crippen molar-refractivity contribution in [1.29, 1.82) is 0 Å². The minimum absolute atomic E-state index is 0. The SMILES string of the molecule is CCCCN(CCO)c1ccc(N=Nc2ccc([N+](=O)[O-])cc2[N+](=O)[O-])c(C)c1.CCCCN(CCOCC(=O)[O-])c1ccc(N=Nc2ccc([N+](=O)[O-])cc2[N+](=O)[O-])c(C)c1.[Na+]. The second kappa shape index (κ2) is 26.9. The van der Waals surface area contributed by atoms with Crippen molar-refractivity contribution in [2.24, 2.45) is 20.5 Å². The first-order chi connectivity index (χ1) is 29.6. The van der Waals surface area contributed by atoms with Gasteiger partial charge in [-0.25, -0.2) is 0 Å². The Morgan fingerprint density at radius 2 is 1.00 bits per heavy atom. The van der Waals surface area contributed by atoms with Crippen LogP contribution in [0.3, 0.4) is 0 Å². The number of non-ortho nitro benzene ring substituents is 2. The number of rotatable bonds is 23. The number of ether oxygens (including phenoxy) is 1. The number of nitrogens with zero attached hydrogens (tertiary/aromatic N) is 10. The maximum absolute atomic E-state index is 11.3. The standard InChI is InChI=1S/C21H25N5O7.C19H23N5O5.Na/c1-3-4-9-24(10-11-33-14-21(27)28)16-5-7-18(15(2)12-16)22-23-19-8-6-17(25(29)30)13-20(19)26(31)32;1-3-4-9-22(10-11-25)15-5-7-17(14(2)12-15)20-21-18-8-6-16(23(26)27)13-19(18)24(28)29;/h5-8,12-13H,3-4,9-11,14H2,1-2H3,(H,27,28);5-8,12-13,25H,3-4,9-11H2,1-2H3;/q;;+1/p-1. The molecule has 0 aliphatic rings. The van der Waals surface area contributed by atoms with Gasteiger partial charge in [-0.2, -0.15) is 10.2 Å². The predicted molar refractivity (Wildman–Crippen MR) is 227 cm³/mol. The second-order valence-corrected chi connectivity index (χ2v) is 13.5. The van der Waals surface area contributed by atoms with Crippen LogP contribution in [0.25, 0.3) is 0 Å². The summed E-state index contributed by atoms with van der Waals surface area (Å²) in [6.07, 6.45) is 3.96. The van der Waals surface area contributed by atoms with E-state index in [-0.39, 0.29) is 59.8 Å². The van der Waals surface area contributed by atoms with Gasteiger partial charge in [0.1, 0.15) is 0 Å². The van der Waals surface area contributed by atoms with E-state index in [2.05, 4.69) is 44.1 Å². The van der Waals surface area contributed by atoms with Crippen LogP contribution in [0, 0.1) is 54.3 Å². The molecular weight excluding hydrogens is 835 g/mol. The molecule has 0 saturated carbocycles. The minimum Gasteiger partial charge on any atom is -0.548 e. The van der Waals surface area contributed by atoms with Crippen molar-refractivity contribution in [3.8, 4) is 0 Å². The van der Waals surface area contributed by atoms with E-state index < -0.39 is 49.3 Å². The van der Waals surface area contributed by atoms with Crippen LogP contribution in [0.4, 0.5) is 56.9 Å². The number of benzene rings is 4. The fourth-order valence-corrected chi connectivity index (χ4v) is 5.71. The zero-order chi connectivity index (χ0) is 45.8. The zero-order valence-electron chi connectivity index (χ0n) is 35.6. The number of nitro groups is 4. The van der Waals surface area contributed by atoms with E-state index in [1.54, 1.807) is 12.1 Å². The summed E-state index contributed by atoms with van der Waals surface area (Å²) in [5.41, 5.74) is 2.49. The molecule has 0 aliphatic carbocycles. The Balaban J connectivity index is 0.000000430. The molecule has 0 radical (unpaired) electrons. The number of carbonyl (C=O) groups excluding carboxylic acids is 1. The number of anilines is 2. The summed E-state index contributed by atoms with van der Waals surface area (Å²) in [6.45, 7) is 10.2. The molecule has 0 amide bonds. The Morgan fingerprint density at radius 1 is 0.603 bits per heavy atom. The molecule has 0 unspecified atom stereocenters. The summed E-state index contributed by atoms with van der Waals surface area (Å²) in [7, 11) is 0. The summed E-state index contributed by atoms with van der Waals surface area (Å²) in [5.74, 6) is -1.27. The molecule has 0 aliphatic heterocycles. The third-order valence-electron chi connectivity index (χ3n) is 9.01. The molecule has 0 atom stereocenters. The van der Waals surface area contributed by atoms with Crippen LogP contribution in [-0.4, -0.2) is 76.8 Å². The van der Waals surface area contributed by atoms with E-state index in [1.165, 1.54) is 12.1 Å². The number of aliphatic hydroxyl groups excluding tert-OH is 1. The monoisotopic (exact) mass is 882 g/mol. The molecule has 63 heavy (non-hydrogen) atoms. The van der Waals surface area contributed by atoms with Gasteiger partial charge < -0.3 is 29.5 Å². The van der Waals surface area contributed by atoms with Crippen molar-refractivity contribution in [1.82, 2.24) is 0 Å². The maximum atomic E-state index is 11.3. The number of nitro benzene ring substituents is 4. The first kappa shape index (κ1) is 52.8. The van der Waals surface area contributed by atoms with Gasteiger partial charge in [0.05, 0.1) is 69.0 Å². The minimum atomic E-state index is -1.27. The van der Waals surface area contributed by atoms with Gasteiger partial charge in [-0.05, 0) is 86.3 Å². The average Bonchev–Trinajstić information content (AvgIpc) is 3.23. The molecule has 1 N–H and O–H groups in total. The van der Waals surface area contributed by atoms with Crippen LogP contribution in [0.2, 0.25) is 0 Å². The molecule has 0 heterocycles. The molecule has 4 rings (SSSR count). The van der Waals surface area contributed by atoms with Crippen molar-refractivity contribution in [3.05, 3.63) is 124 Å². The van der Waals surface area contributed by atoms with Gasteiger partial charge in [0.25, 0.3) is 11.4 Å². The first-order valence-electron chi connectivity index (χ1n) is 19.4. The third-order valence-corrected chi connectivity index (χ3v) is 9.01. The van der Waals surface area contributed by atoms with Crippen molar-refractivity contribution < 1.29 is 69.0 Å². The van der Waals surface area contributed by atoms with E-state index in [0.29, 0.717) is 24.5 Å². The van der Waals surface area contributed by atoms with Gasteiger partial charge in [-0.15, -0.1) is 10.2 Å². The van der Waals surface area contributed by atoms with Crippen molar-refractivity contribution >= 4 is 62.8 Å². The Kier molecular flexibility index (Phi) is 22.5. The normalized spacial score (nSPS) is 10.8. The Morgan fingerprint density at radius 3 is 1.35 bits per heavy atom. The van der Waals surface area contributed by atoms with Crippen LogP contribution < -0.4 is 44.5 Å². The number of unbranched alkanes of at least 4 members (excludes halogenated alkanes) is 2. The van der Waals surface area contributed by atoms with Gasteiger partial charge >= 0.3 is 40.9 Å². The summed E-state index contributed by atoms with van der Waals surface area (Å²) < 4.78 is 5.09. The van der Waals surface area contributed by atoms with Crippen LogP contribution in [-0.2, 0) is 9.53 Å². The summed E-state index contributed by atoms with van der Waals surface area (Å²) in [5, 5.41) is 79.9. The number of aliphatic hydroxyl groups is 1. The molecule has 4 aromatic rings. The van der Waals surface area contributed by atoms with Gasteiger partial charge in [-0.1, -0.05) is 26.7 Å². The number of carboxylic acid groups (broad SMARTS) is 1. The number of aliphatic carboxylic acids is 1. The number of hydrogen-bond donors (Lipinski definition) is 1. The molecule has 0 aromatic heterocycles. The van der Waals surface area contributed by atoms with Crippen LogP contribution >= 0.6 is 0 Å². The first-order valence-corrected chi connectivity index (χ1v) is 19.4. The fourth-order valence-electron chi connectivity index (χ4n) is 5.71. The summed E-state index contributed by atoms with van der Waals surface area (Å²) in [4.78, 5) is 55.9. The van der Waals surface area contributed by atoms with E-state index in [0.717, 1.165) is 85.5 Å². The molecule has 0 bridgehead atoms. The number of hydrogen-bond acceptors (Lipinski definition) is 18. The molecule has 22 nitrogen and oxygen atoms in total. The number of carboxylic acids is 1. The zero-order valence-corrected chi connectivity index (χ0v) is 37.6. The topological polar surface area (TPSA) is 298 Å². The van der Waals surface area contributed by atoms with Crippen LogP contribution in [0.15, 0.2) is 93.3 Å². The molecule has 23 heteroatoms. The Hall–Kier alpha value is -6.33. The largest absolute Gasteiger partial charge is 1.00 e. The molecular formula is C40H47N10NaO12. The van der Waals surface area contributed by atoms with Gasteiger partial charge in [0, 0.05) is 49.7 Å². The number of azo groups is 2. The average molecular weight is 883 g/mol. The fraction of sp³-hybridized carbons (Fsp3) is 0.375. The predicted octanol–water partition coefficient (Wildman–Crippen LogP) is 5.43. The van der Waals surface area contributed by atoms with Crippen LogP contribution in [0.5, 0.6) is 0 Å². The third kappa shape index (κ3) is 16.8. The van der Waals surface area contributed by atoms with Crippen LogP contribution in [0.1, 0.15) is 50.7 Å². The van der Waals surface area contributed by atoms with Gasteiger partial charge in [0.2, 0.25) is 0 Å². The molecule has 0 saturated heterocycles. The second-order valence-electron chi connectivity index (χ2n) is 13.5. The van der Waals surface area contributed by atoms with E-state index in [4.69, 9.17) is 4.74 Å². The summed E-state index contributed by atoms with van der Waals surface area (Å²) >= 11 is 0. The number of carbonyl (C=O) groups is 1. The van der Waals surface area contributed by atoms with Crippen molar-refractivity contribution in [2.75, 3.05) is 55.8 Å². The molecule has 330 valence electrons. The number of aryl methyl sites for hydroxylation is 2. The quantitative estimate of drug-likeness (QED) is 0.0319. The van der Waals surface area contributed by atoms with E-state index >= 15 is 0 Å². The van der Waals surface area contributed by atoms with Crippen molar-refractivity contribution in [2.45, 2.75) is 53.4 Å². The molecule has 4 aromatic carbocycles. The Labute approximate surface area is 384 Å². The van der Waals surface area contributed by atoms with E-state index in [9.17, 15) is 55.5 Å². The maximum Gasteiger partial charge on any atom is 1.00 e. The smallest absolute Gasteiger partial charge is 0.548 e. The summed E-state index contributed by atoms with van der Waals surface area (Å²) in [6, 6.07) is 17.3. The molecule has 0 spiro atoms. The van der Waals surface area contributed by atoms with E-state index in [1.807, 2.05) is 38.1 Å².